The Morgan fingerprint density at radius 2 is 1.80 bits per heavy atom. The predicted octanol–water partition coefficient (Wildman–Crippen LogP) is 3.96. The molecule has 1 aliphatic heterocycles. The maximum absolute atomic E-state index is 12.8. The van der Waals surface area contributed by atoms with E-state index < -0.39 is 10.1 Å². The van der Waals surface area contributed by atoms with Gasteiger partial charge in [-0.25, -0.2) is 0 Å². The highest BCUT2D eigenvalue weighted by Crippen LogP contribution is 2.39. The van der Waals surface area contributed by atoms with Crippen LogP contribution in [0.4, 0.5) is 5.69 Å². The monoisotopic (exact) mass is 512 g/mol. The van der Waals surface area contributed by atoms with Crippen LogP contribution in [-0.2, 0) is 14.9 Å². The van der Waals surface area contributed by atoms with E-state index in [1.807, 2.05) is 0 Å². The second-order valence-electron chi connectivity index (χ2n) is 6.73. The molecule has 0 atom stereocenters. The minimum absolute atomic E-state index is 0.0383. The molecule has 10 heteroatoms. The fourth-order valence-electron chi connectivity index (χ4n) is 3.09. The van der Waals surface area contributed by atoms with Crippen LogP contribution in [0.3, 0.4) is 0 Å². The summed E-state index contributed by atoms with van der Waals surface area (Å²) in [7, 11) is -2.69. The number of methoxy groups -OCH3 is 1. The van der Waals surface area contributed by atoms with Crippen LogP contribution in [0, 0.1) is 0 Å². The van der Waals surface area contributed by atoms with Crippen molar-refractivity contribution in [3.05, 3.63) is 46.4 Å². The number of benzene rings is 2. The largest absolute Gasteiger partial charge is 0.493 e. The predicted molar refractivity (Wildman–Crippen MR) is 122 cm³/mol. The minimum atomic E-state index is -4.13. The van der Waals surface area contributed by atoms with E-state index in [-0.39, 0.29) is 22.3 Å². The van der Waals surface area contributed by atoms with E-state index in [4.69, 9.17) is 21.1 Å². The third-order valence-corrected chi connectivity index (χ3v) is 6.84. The molecule has 1 heterocycles. The molecule has 7 nitrogen and oxygen atoms in total. The molecule has 0 radical (unpaired) electrons. The lowest BCUT2D eigenvalue weighted by molar-refractivity contribution is -0.114. The first-order valence-corrected chi connectivity index (χ1v) is 11.8. The lowest BCUT2D eigenvalue weighted by Crippen LogP contribution is -2.26. The first-order valence-electron chi connectivity index (χ1n) is 9.20. The molecular formula is C20H21BrN2O5S2. The zero-order chi connectivity index (χ0) is 21.9. The molecule has 0 unspecified atom stereocenters. The van der Waals surface area contributed by atoms with E-state index in [9.17, 15) is 13.2 Å². The summed E-state index contributed by atoms with van der Waals surface area (Å²) in [4.78, 5) is 13.9. The number of hydrogen-bond acceptors (Lipinski definition) is 6. The zero-order valence-corrected chi connectivity index (χ0v) is 19.7. The molecule has 0 aromatic heterocycles. The SMILES string of the molecule is COc1cc(C(=S)N2CCCC2)cc(Br)c1OS(=O)(=O)c1ccc(NC(C)=O)cc1. The molecule has 1 amide bonds. The van der Waals surface area contributed by atoms with Crippen LogP contribution in [0.2, 0.25) is 0 Å². The van der Waals surface area contributed by atoms with Crippen molar-refractivity contribution < 1.29 is 22.1 Å². The molecular weight excluding hydrogens is 492 g/mol. The molecule has 1 fully saturated rings. The summed E-state index contributed by atoms with van der Waals surface area (Å²) in [6, 6.07) is 9.10. The Balaban J connectivity index is 1.87. The van der Waals surface area contributed by atoms with Gasteiger partial charge in [0.1, 0.15) is 9.88 Å². The van der Waals surface area contributed by atoms with Crippen molar-refractivity contribution in [1.29, 1.82) is 0 Å². The van der Waals surface area contributed by atoms with E-state index in [0.29, 0.717) is 15.1 Å². The first kappa shape index (κ1) is 22.5. The number of likely N-dealkylation sites (tertiary alicyclic amines) is 1. The molecule has 1 N–H and O–H groups in total. The van der Waals surface area contributed by atoms with Gasteiger partial charge >= 0.3 is 10.1 Å². The highest BCUT2D eigenvalue weighted by atomic mass is 79.9. The standard InChI is InChI=1S/C20H21BrN2O5S2/c1-13(24)22-15-5-7-16(8-6-15)30(25,26)28-19-17(21)11-14(12-18(19)27-2)20(29)23-9-3-4-10-23/h5-8,11-12H,3-4,9-10H2,1-2H3,(H,22,24). The van der Waals surface area contributed by atoms with Crippen molar-refractivity contribution in [2.45, 2.75) is 24.7 Å². The number of ether oxygens (including phenoxy) is 1. The van der Waals surface area contributed by atoms with E-state index >= 15 is 0 Å². The minimum Gasteiger partial charge on any atom is -0.493 e. The second kappa shape index (κ2) is 9.32. The van der Waals surface area contributed by atoms with E-state index in [1.54, 1.807) is 12.1 Å². The van der Waals surface area contributed by atoms with Crippen molar-refractivity contribution in [2.24, 2.45) is 0 Å². The van der Waals surface area contributed by atoms with Gasteiger partial charge < -0.3 is 19.1 Å². The molecule has 1 aliphatic rings. The Morgan fingerprint density at radius 1 is 1.17 bits per heavy atom. The first-order chi connectivity index (χ1) is 14.2. The number of rotatable bonds is 6. The maximum atomic E-state index is 12.8. The topological polar surface area (TPSA) is 84.9 Å². The molecule has 160 valence electrons. The van der Waals surface area contributed by atoms with Gasteiger partial charge in [0, 0.05) is 31.3 Å². The average molecular weight is 513 g/mol. The summed E-state index contributed by atoms with van der Waals surface area (Å²) >= 11 is 8.96. The van der Waals surface area contributed by atoms with Crippen molar-refractivity contribution in [3.8, 4) is 11.5 Å². The Morgan fingerprint density at radius 3 is 2.37 bits per heavy atom. The quantitative estimate of drug-likeness (QED) is 0.463. The van der Waals surface area contributed by atoms with Crippen LogP contribution in [-0.4, -0.2) is 44.4 Å². The van der Waals surface area contributed by atoms with Gasteiger partial charge in [-0.05, 0) is 65.2 Å². The molecule has 30 heavy (non-hydrogen) atoms. The lowest BCUT2D eigenvalue weighted by atomic mass is 10.2. The molecule has 2 aromatic rings. The zero-order valence-electron chi connectivity index (χ0n) is 16.5. The summed E-state index contributed by atoms with van der Waals surface area (Å²) in [6.07, 6.45) is 2.19. The summed E-state index contributed by atoms with van der Waals surface area (Å²) in [5.41, 5.74) is 1.24. The van der Waals surface area contributed by atoms with Gasteiger partial charge in [-0.3, -0.25) is 4.79 Å². The van der Waals surface area contributed by atoms with Crippen molar-refractivity contribution in [2.75, 3.05) is 25.5 Å². The number of anilines is 1. The fraction of sp³-hybridized carbons (Fsp3) is 0.300. The van der Waals surface area contributed by atoms with Crippen LogP contribution < -0.4 is 14.2 Å². The molecule has 0 bridgehead atoms. The third-order valence-electron chi connectivity index (χ3n) is 4.53. The second-order valence-corrected chi connectivity index (χ2v) is 9.52. The van der Waals surface area contributed by atoms with Gasteiger partial charge in [0.15, 0.2) is 11.5 Å². The fourth-order valence-corrected chi connectivity index (χ4v) is 4.98. The molecule has 2 aromatic carbocycles. The normalized spacial score (nSPS) is 13.8. The lowest BCUT2D eigenvalue weighted by Gasteiger charge is -2.20. The highest BCUT2D eigenvalue weighted by Gasteiger charge is 2.24. The maximum Gasteiger partial charge on any atom is 0.339 e. The smallest absolute Gasteiger partial charge is 0.339 e. The molecule has 0 spiro atoms. The Hall–Kier alpha value is -2.17. The Bertz CT molecular complexity index is 1070. The van der Waals surface area contributed by atoms with E-state index in [2.05, 4.69) is 26.1 Å². The Labute approximate surface area is 189 Å². The van der Waals surface area contributed by atoms with Gasteiger partial charge in [0.2, 0.25) is 5.91 Å². The molecule has 3 rings (SSSR count). The van der Waals surface area contributed by atoms with E-state index in [1.165, 1.54) is 38.3 Å². The third kappa shape index (κ3) is 5.11. The van der Waals surface area contributed by atoms with Crippen LogP contribution in [0.15, 0.2) is 45.8 Å². The van der Waals surface area contributed by atoms with Gasteiger partial charge in [-0.1, -0.05) is 12.2 Å². The average Bonchev–Trinajstić information content (AvgIpc) is 3.23. The number of carbonyl (C=O) groups excluding carboxylic acids is 1. The van der Waals surface area contributed by atoms with Gasteiger partial charge in [0.25, 0.3) is 0 Å². The van der Waals surface area contributed by atoms with E-state index in [0.717, 1.165) is 31.5 Å². The number of halogens is 1. The summed E-state index contributed by atoms with van der Waals surface area (Å²) < 4.78 is 36.7. The number of nitrogens with one attached hydrogen (secondary N) is 1. The summed E-state index contributed by atoms with van der Waals surface area (Å²) in [6.45, 7) is 3.18. The number of thiocarbonyl (C=S) groups is 1. The number of carbonyl (C=O) groups is 1. The number of nitrogens with zero attached hydrogens (tertiary/aromatic N) is 1. The van der Waals surface area contributed by atoms with Crippen LogP contribution in [0.5, 0.6) is 11.5 Å². The van der Waals surface area contributed by atoms with Crippen molar-refractivity contribution in [3.63, 3.8) is 0 Å². The summed E-state index contributed by atoms with van der Waals surface area (Å²) in [5.74, 6) is 0.0400. The molecule has 0 saturated carbocycles. The molecule has 0 aliphatic carbocycles. The summed E-state index contributed by atoms with van der Waals surface area (Å²) in [5, 5.41) is 2.58. The Kier molecular flexibility index (Phi) is 6.99. The molecule has 1 saturated heterocycles. The van der Waals surface area contributed by atoms with Gasteiger partial charge in [0.05, 0.1) is 11.6 Å². The number of hydrogen-bond donors (Lipinski definition) is 1. The van der Waals surface area contributed by atoms with Crippen LogP contribution in [0.1, 0.15) is 25.3 Å². The number of amides is 1. The van der Waals surface area contributed by atoms with Gasteiger partial charge in [-0.2, -0.15) is 8.42 Å². The van der Waals surface area contributed by atoms with Crippen LogP contribution in [0.25, 0.3) is 0 Å². The van der Waals surface area contributed by atoms with Crippen molar-refractivity contribution >= 4 is 54.8 Å². The van der Waals surface area contributed by atoms with Crippen LogP contribution >= 0.6 is 28.1 Å². The highest BCUT2D eigenvalue weighted by molar-refractivity contribution is 9.10. The van der Waals surface area contributed by atoms with Crippen molar-refractivity contribution in [1.82, 2.24) is 4.90 Å². The van der Waals surface area contributed by atoms with Gasteiger partial charge in [-0.15, -0.1) is 0 Å².